The summed E-state index contributed by atoms with van der Waals surface area (Å²) >= 11 is 14.9. The summed E-state index contributed by atoms with van der Waals surface area (Å²) in [5.41, 5.74) is 10.9. The number of ketones is 1. The number of halogens is 2. The number of hydrogen-bond acceptors (Lipinski definition) is 29. The first-order valence-electron chi connectivity index (χ1n) is 43.8. The number of ether oxygens (including phenoxy) is 6. The molecule has 5 unspecified atom stereocenters. The molecule has 38 nitrogen and oxygen atoms in total. The number of amides is 7. The van der Waals surface area contributed by atoms with Gasteiger partial charge in [0.15, 0.2) is 17.8 Å². The molecule has 13 rings (SSSR count). The van der Waals surface area contributed by atoms with Crippen molar-refractivity contribution in [1.82, 2.24) is 47.3 Å². The third kappa shape index (κ3) is 23.8. The molecule has 32 atom stereocenters. The Hall–Kier alpha value is -7.00. The lowest BCUT2D eigenvalue weighted by Crippen LogP contribution is -2.66. The Bertz CT molecular complexity index is 4200. The minimum atomic E-state index is -4.11. The second-order valence-electron chi connectivity index (χ2n) is 36.3. The zero-order valence-corrected chi connectivity index (χ0v) is 73.5. The van der Waals surface area contributed by atoms with Gasteiger partial charge in [0.25, 0.3) is 0 Å². The highest BCUT2D eigenvalue weighted by Gasteiger charge is 2.57. The van der Waals surface area contributed by atoms with Crippen molar-refractivity contribution in [3.63, 3.8) is 0 Å². The third-order valence-corrected chi connectivity index (χ3v) is 29.1. The number of aliphatic carboxylic acids is 1. The number of carboxylic acid groups (broad SMARTS) is 1. The number of alkyl halides is 2. The molecule has 0 aromatic heterocycles. The number of likely N-dealkylation sites (N-methyl/N-ethyl adjacent to an activating group) is 1. The molecule has 11 bridgehead atoms. The number of benzene rings is 2. The van der Waals surface area contributed by atoms with Crippen LogP contribution in [0.5, 0.6) is 23.0 Å². The van der Waals surface area contributed by atoms with E-state index < -0.39 is 281 Å². The van der Waals surface area contributed by atoms with Crippen molar-refractivity contribution in [3.05, 3.63) is 42.0 Å². The number of aliphatic hydroxyl groups is 9. The fourth-order valence-electron chi connectivity index (χ4n) is 19.7. The van der Waals surface area contributed by atoms with Crippen LogP contribution in [0.2, 0.25) is 0 Å². The number of primary amides is 1. The Labute approximate surface area is 736 Å². The summed E-state index contributed by atoms with van der Waals surface area (Å²) in [6.45, 7) is 7.98. The predicted octanol–water partition coefficient (Wildman–Crippen LogP) is -1.75. The van der Waals surface area contributed by atoms with E-state index in [1.165, 1.54) is 43.4 Å². The lowest BCUT2D eigenvalue weighted by Gasteiger charge is -2.51. The van der Waals surface area contributed by atoms with Gasteiger partial charge in [-0.2, -0.15) is 0 Å². The molecule has 6 aliphatic heterocycles. The molecule has 11 aliphatic rings. The number of carbonyl (C=O) groups excluding carboxylic acids is 8. The van der Waals surface area contributed by atoms with Gasteiger partial charge in [0.2, 0.25) is 57.1 Å². The number of sulfonamides is 1. The molecule has 23 N–H and O–H groups in total. The van der Waals surface area contributed by atoms with E-state index in [-0.39, 0.29) is 137 Å². The highest BCUT2D eigenvalue weighted by Crippen LogP contribution is 2.51. The zero-order valence-electron chi connectivity index (χ0n) is 71.1. The molecular formula is C84H127Cl2N11O27S. The highest BCUT2D eigenvalue weighted by molar-refractivity contribution is 7.89. The molecule has 2 aromatic rings. The first-order valence-corrected chi connectivity index (χ1v) is 46.1. The molecule has 2 saturated heterocycles. The average Bonchev–Trinajstić information content (AvgIpc) is 0.766. The maximum absolute atomic E-state index is 16.5. The molecule has 7 amide bonds. The fourth-order valence-corrected chi connectivity index (χ4v) is 21.6. The Morgan fingerprint density at radius 2 is 1.36 bits per heavy atom. The largest absolute Gasteiger partial charge is 0.494 e. The van der Waals surface area contributed by atoms with E-state index in [1.807, 2.05) is 13.8 Å². The second-order valence-corrected chi connectivity index (χ2v) is 39.2. The van der Waals surface area contributed by atoms with Gasteiger partial charge >= 0.3 is 5.97 Å². The molecular weight excluding hydrogens is 1700 g/mol. The number of Topliss-reactive ketones (excluding diaryl/α,β-unsaturated/α-hetero) is 1. The molecule has 125 heavy (non-hydrogen) atoms. The Morgan fingerprint density at radius 3 is 1.97 bits per heavy atom. The van der Waals surface area contributed by atoms with Crippen molar-refractivity contribution >= 4 is 86.3 Å². The number of nitrogens with two attached hydrogens (primary N) is 2. The van der Waals surface area contributed by atoms with E-state index in [4.69, 9.17) is 63.1 Å². The standard InChI is InChI=1S/C84H127Cl2N11O27S/c1-7-8-9-23-119-45-15-17-46(18-16-45)125(117,118)91-34-44(99)11-10-22-90-35-49-55(101)31-48-63(72(49)106)47-25-39(12-19-54(47)100)64-79(111)97-68(82(114)95-66(48)83(115)116)70(104)41-14-21-57(51(86)27-41)122-59-29-42-28-58(74(59)123-60-30-43(36-98)71(105)73(107)75(60)124-62-33-84(5,88)76(108)38(4)120-62)121-56-20-13-40(26-50(56)85)69(103)67(96-77(109)52(89-6)24-37(2)3)81(113)92-53(32-61(87)102)78(110)93-65(42)80(112)94-64/h15-18,28-29,37-41,43,47-57,60,62-73,75-76,89-91,98,100-101,103-108H,7-14,19-27,30-36,88H2,1-6H3,(H2,87,102)(H,92,113)(H,93,110)(H,94,112)(H,95,114)(H,96,109)(H,97,111)(H,115,116)/t38-,39-,40-,41-,43+,47?,48?,49?,50+,51-,52+,53-,54+,55-,56+,57+,60+,62-,63?,64+,65+,66-,67+,68-,69+,70+,71+,72?,73-,75-,76+,84-/m0/s1. The van der Waals surface area contributed by atoms with Crippen LogP contribution >= 0.6 is 23.2 Å². The van der Waals surface area contributed by atoms with Gasteiger partial charge < -0.3 is 133 Å². The van der Waals surface area contributed by atoms with Crippen LogP contribution in [-0.4, -0.2) is 291 Å². The Kier molecular flexibility index (Phi) is 34.0. The van der Waals surface area contributed by atoms with Crippen molar-refractivity contribution in [3.8, 4) is 23.0 Å². The van der Waals surface area contributed by atoms with Gasteiger partial charge in [-0.05, 0) is 201 Å². The molecule has 2 aromatic carbocycles. The van der Waals surface area contributed by atoms with Crippen molar-refractivity contribution in [1.29, 1.82) is 0 Å². The van der Waals surface area contributed by atoms with Crippen LogP contribution in [0.4, 0.5) is 0 Å². The maximum atomic E-state index is 16.5. The molecule has 5 aliphatic carbocycles. The van der Waals surface area contributed by atoms with E-state index in [0.29, 0.717) is 12.4 Å². The number of carboxylic acids is 1. The second kappa shape index (κ2) is 43.2. The van der Waals surface area contributed by atoms with Gasteiger partial charge in [-0.3, -0.25) is 38.4 Å². The van der Waals surface area contributed by atoms with Crippen LogP contribution in [0.3, 0.4) is 0 Å². The van der Waals surface area contributed by atoms with Crippen molar-refractivity contribution in [2.24, 2.45) is 64.7 Å². The number of unbranched alkanes of at least 4 members (excludes halogenated alkanes) is 2. The molecule has 0 spiro atoms. The number of hydrogen-bond donors (Lipinski definition) is 21. The Balaban J connectivity index is 0.987. The smallest absolute Gasteiger partial charge is 0.326 e. The summed E-state index contributed by atoms with van der Waals surface area (Å²) < 4.78 is 68.3. The number of carbonyl (C=O) groups is 9. The monoisotopic (exact) mass is 1820 g/mol. The fraction of sp³-hybridized carbons (Fsp3) is 0.750. The summed E-state index contributed by atoms with van der Waals surface area (Å²) in [6, 6.07) is -4.84. The average molecular weight is 1830 g/mol. The number of rotatable bonds is 28. The molecule has 5 saturated carbocycles. The van der Waals surface area contributed by atoms with Crippen molar-refractivity contribution in [2.75, 3.05) is 39.9 Å². The van der Waals surface area contributed by atoms with Crippen LogP contribution in [0.1, 0.15) is 168 Å². The van der Waals surface area contributed by atoms with Crippen LogP contribution in [-0.2, 0) is 62.6 Å². The van der Waals surface area contributed by atoms with Crippen LogP contribution in [0, 0.1) is 53.3 Å². The zero-order chi connectivity index (χ0) is 91.0. The predicted molar refractivity (Wildman–Crippen MR) is 447 cm³/mol. The molecule has 41 heteroatoms. The summed E-state index contributed by atoms with van der Waals surface area (Å²) in [5.74, 6) is -20.4. The first kappa shape index (κ1) is 98.6. The highest BCUT2D eigenvalue weighted by atomic mass is 35.5. The van der Waals surface area contributed by atoms with Gasteiger partial charge in [0.05, 0.1) is 90.1 Å². The molecule has 700 valence electrons. The van der Waals surface area contributed by atoms with Crippen molar-refractivity contribution in [2.45, 2.75) is 306 Å². The van der Waals surface area contributed by atoms with Crippen molar-refractivity contribution < 1.29 is 131 Å². The van der Waals surface area contributed by atoms with Gasteiger partial charge in [0.1, 0.15) is 78.3 Å². The number of fused-ring (bicyclic) bond motifs is 15. The topological polar surface area (TPSA) is 606 Å². The Morgan fingerprint density at radius 1 is 0.720 bits per heavy atom. The van der Waals surface area contributed by atoms with Gasteiger partial charge in [0, 0.05) is 43.4 Å². The van der Waals surface area contributed by atoms with Crippen LogP contribution < -0.4 is 77.7 Å². The van der Waals surface area contributed by atoms with Gasteiger partial charge in [-0.15, -0.1) is 23.2 Å². The molecule has 7 fully saturated rings. The quantitative estimate of drug-likeness (QED) is 0.0332. The van der Waals surface area contributed by atoms with E-state index in [1.54, 1.807) is 13.8 Å². The number of nitrogens with one attached hydrogen (secondary N) is 9. The van der Waals surface area contributed by atoms with Crippen LogP contribution in [0.15, 0.2) is 41.3 Å². The van der Waals surface area contributed by atoms with E-state index in [9.17, 15) is 78.7 Å². The van der Waals surface area contributed by atoms with E-state index in [2.05, 4.69) is 54.2 Å². The summed E-state index contributed by atoms with van der Waals surface area (Å²) in [4.78, 5) is 133. The van der Waals surface area contributed by atoms with E-state index >= 15 is 24.0 Å². The summed E-state index contributed by atoms with van der Waals surface area (Å²) in [5, 5.41) is 140. The van der Waals surface area contributed by atoms with Gasteiger partial charge in [-0.25, -0.2) is 17.9 Å². The SMILES string of the molecule is CCCCCOc1ccc(S(=O)(=O)NCC(=O)CCCNCC2C(O)C3C4C[C@H](CC[C@H]4O)[C@H]4NC(=O)[C@@H]5NC(=O)[C@H](CC(N)=O)NC(=O)[C@H](NC(=O)[C@@H](CC(C)C)NC)[C@H](O)[C@H]6CC[C@@H](Oc7cc5cc(c7O[C@@H]5C[C@H](CO)[C@@H](O)[C@H](O)[C@H]5O[C@H]5C[C@](C)(N)[C@H](O)[C@H](C)O5)O[C@@H]5CC[C@@H](C[C@@H]5Cl)[C@@H](O)[C@H](NC4=O)C(=O)N[C@H](C(=O)O)C3C[C@@H]2O)[C@H](Cl)C6)cc1. The lowest BCUT2D eigenvalue weighted by atomic mass is 9.58. The summed E-state index contributed by atoms with van der Waals surface area (Å²) in [7, 11) is -2.60. The minimum Gasteiger partial charge on any atom is -0.494 e. The van der Waals surface area contributed by atoms with E-state index in [0.717, 1.165) is 19.3 Å². The normalized spacial score (nSPS) is 37.5. The lowest BCUT2D eigenvalue weighted by molar-refractivity contribution is -0.286. The molecule has 0 radical (unpaired) electrons. The van der Waals surface area contributed by atoms with Crippen LogP contribution in [0.25, 0.3) is 0 Å². The molecule has 6 heterocycles. The maximum Gasteiger partial charge on any atom is 0.326 e. The third-order valence-electron chi connectivity index (χ3n) is 26.8. The number of aliphatic hydroxyl groups excluding tert-OH is 9. The first-order chi connectivity index (χ1) is 59.2. The summed E-state index contributed by atoms with van der Waals surface area (Å²) in [6.07, 6.45) is -20.7. The minimum absolute atomic E-state index is 0.0198. The van der Waals surface area contributed by atoms with Gasteiger partial charge in [-0.1, -0.05) is 33.6 Å².